The van der Waals surface area contributed by atoms with Gasteiger partial charge in [0.05, 0.1) is 5.69 Å². The summed E-state index contributed by atoms with van der Waals surface area (Å²) in [7, 11) is 0. The number of alkyl halides is 2. The van der Waals surface area contributed by atoms with Crippen molar-refractivity contribution in [3.05, 3.63) is 53.9 Å². The number of hydrazine groups is 1. The third-order valence-electron chi connectivity index (χ3n) is 4.66. The van der Waals surface area contributed by atoms with Gasteiger partial charge < -0.3 is 11.2 Å². The zero-order chi connectivity index (χ0) is 17.2. The second kappa shape index (κ2) is 6.63. The molecule has 0 atom stereocenters. The van der Waals surface area contributed by atoms with Crippen LogP contribution in [0.2, 0.25) is 0 Å². The molecule has 6 heteroatoms. The van der Waals surface area contributed by atoms with Crippen LogP contribution in [0.15, 0.2) is 42.8 Å². The zero-order valence-corrected chi connectivity index (χ0v) is 13.3. The number of rotatable bonds is 4. The van der Waals surface area contributed by atoms with Gasteiger partial charge in [0.15, 0.2) is 0 Å². The van der Waals surface area contributed by atoms with E-state index in [1.165, 1.54) is 0 Å². The fourth-order valence-electron chi connectivity index (χ4n) is 3.35. The predicted octanol–water partition coefficient (Wildman–Crippen LogP) is 3.51. The first-order valence-electron chi connectivity index (χ1n) is 8.14. The van der Waals surface area contributed by atoms with Crippen LogP contribution in [0.3, 0.4) is 0 Å². The van der Waals surface area contributed by atoms with Gasteiger partial charge in [-0.15, -0.1) is 0 Å². The molecule has 3 rings (SSSR count). The van der Waals surface area contributed by atoms with Gasteiger partial charge in [-0.1, -0.05) is 6.07 Å². The van der Waals surface area contributed by atoms with Crippen molar-refractivity contribution in [2.45, 2.75) is 38.0 Å². The fraction of sp³-hybridized carbons (Fsp3) is 0.389. The Morgan fingerprint density at radius 1 is 1.29 bits per heavy atom. The Hall–Kier alpha value is -2.37. The summed E-state index contributed by atoms with van der Waals surface area (Å²) in [5, 5.41) is 1.80. The molecule has 3 N–H and O–H groups in total. The van der Waals surface area contributed by atoms with E-state index in [2.05, 4.69) is 5.43 Å². The van der Waals surface area contributed by atoms with Gasteiger partial charge >= 0.3 is 0 Å². The number of amides is 1. The van der Waals surface area contributed by atoms with Crippen LogP contribution >= 0.6 is 0 Å². The molecule has 0 spiro atoms. The largest absolute Gasteiger partial charge is 0.366 e. The molecule has 1 aliphatic heterocycles. The zero-order valence-electron chi connectivity index (χ0n) is 13.3. The van der Waals surface area contributed by atoms with Gasteiger partial charge in [0.2, 0.25) is 11.8 Å². The Bertz CT molecular complexity index is 675. The predicted molar refractivity (Wildman–Crippen MR) is 89.5 cm³/mol. The van der Waals surface area contributed by atoms with Crippen molar-refractivity contribution in [2.24, 2.45) is 11.7 Å². The summed E-state index contributed by atoms with van der Waals surface area (Å²) in [6.07, 6.45) is 8.68. The molecule has 1 fully saturated rings. The summed E-state index contributed by atoms with van der Waals surface area (Å²) < 4.78 is 26.8. The molecule has 2 aliphatic rings. The molecule has 0 aromatic heterocycles. The van der Waals surface area contributed by atoms with E-state index in [0.717, 1.165) is 11.3 Å². The number of nitrogens with two attached hydrogens (primary N) is 1. The normalized spacial score (nSPS) is 20.0. The lowest BCUT2D eigenvalue weighted by atomic mass is 9.81. The lowest BCUT2D eigenvalue weighted by Gasteiger charge is -2.31. The summed E-state index contributed by atoms with van der Waals surface area (Å²) >= 11 is 0. The van der Waals surface area contributed by atoms with Crippen molar-refractivity contribution >= 4 is 11.6 Å². The van der Waals surface area contributed by atoms with Crippen LogP contribution in [-0.4, -0.2) is 11.8 Å². The number of anilines is 1. The molecule has 0 bridgehead atoms. The second-order valence-electron chi connectivity index (χ2n) is 6.37. The highest BCUT2D eigenvalue weighted by atomic mass is 19.3. The summed E-state index contributed by atoms with van der Waals surface area (Å²) in [4.78, 5) is 11.8. The number of nitrogens with zero attached hydrogens (tertiary/aromatic N) is 1. The highest BCUT2D eigenvalue weighted by Crippen LogP contribution is 2.39. The standard InChI is InChI=1S/C18H21F2N3O/c19-18(20)8-6-13(7-9-18)12-15-14(17(21)24)4-3-5-16(15)23-11-2-1-10-22-23/h1-5,10-11,13,22H,6-9,12H2,(H2,21,24). The minimum absolute atomic E-state index is 0.0870. The molecule has 24 heavy (non-hydrogen) atoms. The molecule has 1 amide bonds. The molecule has 1 heterocycles. The van der Waals surface area contributed by atoms with Gasteiger partial charge in [-0.2, -0.15) is 0 Å². The monoisotopic (exact) mass is 333 g/mol. The summed E-state index contributed by atoms with van der Waals surface area (Å²) in [6, 6.07) is 5.37. The van der Waals surface area contributed by atoms with E-state index < -0.39 is 11.8 Å². The Morgan fingerprint density at radius 2 is 2.04 bits per heavy atom. The number of carbonyl (C=O) groups is 1. The number of carbonyl (C=O) groups excluding carboxylic acids is 1. The van der Waals surface area contributed by atoms with Crippen LogP contribution in [0.25, 0.3) is 0 Å². The minimum atomic E-state index is -2.55. The molecule has 128 valence electrons. The molecular weight excluding hydrogens is 312 g/mol. The van der Waals surface area contributed by atoms with Crippen LogP contribution in [0.1, 0.15) is 41.6 Å². The lowest BCUT2D eigenvalue weighted by molar-refractivity contribution is -0.0456. The van der Waals surface area contributed by atoms with Crippen molar-refractivity contribution in [1.29, 1.82) is 0 Å². The van der Waals surface area contributed by atoms with Gasteiger partial charge in [-0.3, -0.25) is 9.80 Å². The molecule has 1 saturated carbocycles. The minimum Gasteiger partial charge on any atom is -0.366 e. The Kier molecular flexibility index (Phi) is 4.55. The highest BCUT2D eigenvalue weighted by Gasteiger charge is 2.35. The molecule has 1 aromatic carbocycles. The van der Waals surface area contributed by atoms with Crippen molar-refractivity contribution in [1.82, 2.24) is 5.43 Å². The maximum Gasteiger partial charge on any atom is 0.249 e. The quantitative estimate of drug-likeness (QED) is 0.886. The number of halogens is 2. The van der Waals surface area contributed by atoms with E-state index in [1.807, 2.05) is 24.4 Å². The first kappa shape index (κ1) is 16.5. The maximum atomic E-state index is 13.4. The molecular formula is C18H21F2N3O. The van der Waals surface area contributed by atoms with Crippen LogP contribution in [0.5, 0.6) is 0 Å². The van der Waals surface area contributed by atoms with Gasteiger partial charge in [0.25, 0.3) is 0 Å². The van der Waals surface area contributed by atoms with E-state index in [4.69, 9.17) is 5.73 Å². The van der Waals surface area contributed by atoms with Crippen molar-refractivity contribution < 1.29 is 13.6 Å². The summed E-state index contributed by atoms with van der Waals surface area (Å²) in [5.74, 6) is -2.91. The van der Waals surface area contributed by atoms with E-state index in [-0.39, 0.29) is 18.8 Å². The number of nitrogens with one attached hydrogen (secondary N) is 1. The van der Waals surface area contributed by atoms with Gasteiger partial charge in [-0.05, 0) is 55.0 Å². The van der Waals surface area contributed by atoms with Crippen molar-refractivity contribution in [3.8, 4) is 0 Å². The third kappa shape index (κ3) is 3.58. The molecule has 4 nitrogen and oxygen atoms in total. The maximum absolute atomic E-state index is 13.4. The average molecular weight is 333 g/mol. The van der Waals surface area contributed by atoms with E-state index in [9.17, 15) is 13.6 Å². The van der Waals surface area contributed by atoms with Crippen LogP contribution in [0.4, 0.5) is 14.5 Å². The van der Waals surface area contributed by atoms with Crippen LogP contribution in [-0.2, 0) is 6.42 Å². The first-order valence-corrected chi connectivity index (χ1v) is 8.14. The number of hydrogen-bond donors (Lipinski definition) is 2. The topological polar surface area (TPSA) is 58.4 Å². The fourth-order valence-corrected chi connectivity index (χ4v) is 3.35. The van der Waals surface area contributed by atoms with Crippen LogP contribution < -0.4 is 16.2 Å². The third-order valence-corrected chi connectivity index (χ3v) is 4.66. The van der Waals surface area contributed by atoms with Crippen molar-refractivity contribution in [3.63, 3.8) is 0 Å². The smallest absolute Gasteiger partial charge is 0.249 e. The van der Waals surface area contributed by atoms with E-state index in [0.29, 0.717) is 24.8 Å². The van der Waals surface area contributed by atoms with E-state index in [1.54, 1.807) is 23.3 Å². The number of hydrogen-bond acceptors (Lipinski definition) is 3. The SMILES string of the molecule is NC(=O)c1cccc(N2C=CC=CN2)c1CC1CCC(F)(F)CC1. The first-order chi connectivity index (χ1) is 11.5. The molecule has 0 radical (unpaired) electrons. The summed E-state index contributed by atoms with van der Waals surface area (Å²) in [5.41, 5.74) is 10.7. The summed E-state index contributed by atoms with van der Waals surface area (Å²) in [6.45, 7) is 0. The van der Waals surface area contributed by atoms with Crippen LogP contribution in [0, 0.1) is 5.92 Å². The number of primary amides is 1. The Morgan fingerprint density at radius 3 is 2.67 bits per heavy atom. The highest BCUT2D eigenvalue weighted by molar-refractivity contribution is 5.96. The lowest BCUT2D eigenvalue weighted by Crippen LogP contribution is -2.32. The van der Waals surface area contributed by atoms with Gasteiger partial charge in [-0.25, -0.2) is 8.78 Å². The van der Waals surface area contributed by atoms with Gasteiger partial charge in [0.1, 0.15) is 0 Å². The average Bonchev–Trinajstić information content (AvgIpc) is 2.57. The van der Waals surface area contributed by atoms with Crippen molar-refractivity contribution in [2.75, 3.05) is 5.01 Å². The number of allylic oxidation sites excluding steroid dienone is 2. The Labute approximate surface area is 140 Å². The second-order valence-corrected chi connectivity index (χ2v) is 6.37. The molecule has 0 saturated heterocycles. The molecule has 1 aliphatic carbocycles. The van der Waals surface area contributed by atoms with Gasteiger partial charge in [0, 0.05) is 30.8 Å². The molecule has 1 aromatic rings. The number of benzene rings is 1. The van der Waals surface area contributed by atoms with E-state index >= 15 is 0 Å². The molecule has 0 unspecified atom stereocenters. The Balaban J connectivity index is 1.88.